The Morgan fingerprint density at radius 3 is 2.95 bits per heavy atom. The molecule has 3 aliphatic heterocycles. The Bertz CT molecular complexity index is 563. The van der Waals surface area contributed by atoms with Crippen molar-refractivity contribution in [3.05, 3.63) is 23.8 Å². The second-order valence-electron chi connectivity index (χ2n) is 6.89. The maximum absolute atomic E-state index is 12.7. The number of aliphatic carboxylic acids is 1. The van der Waals surface area contributed by atoms with Crippen LogP contribution in [0.5, 0.6) is 0 Å². The van der Waals surface area contributed by atoms with Gasteiger partial charge in [0.25, 0.3) is 0 Å². The van der Waals surface area contributed by atoms with Gasteiger partial charge in [-0.15, -0.1) is 0 Å². The Kier molecular flexibility index (Phi) is 3.63. The van der Waals surface area contributed by atoms with Crippen molar-refractivity contribution < 1.29 is 19.4 Å². The summed E-state index contributed by atoms with van der Waals surface area (Å²) in [7, 11) is 0. The highest BCUT2D eigenvalue weighted by Gasteiger charge is 2.65. The van der Waals surface area contributed by atoms with Crippen LogP contribution in [-0.4, -0.2) is 41.1 Å². The highest BCUT2D eigenvalue weighted by Crippen LogP contribution is 2.52. The number of carboxylic acids is 1. The number of hydrogen-bond donors (Lipinski definition) is 0. The van der Waals surface area contributed by atoms with Crippen LogP contribution in [0, 0.1) is 11.8 Å². The number of allylic oxidation sites excluding steroid dienone is 2. The fraction of sp³-hybridized carbons (Fsp3) is 0.647. The Balaban J connectivity index is 1.76. The highest BCUT2D eigenvalue weighted by molar-refractivity contribution is 5.90. The first-order chi connectivity index (χ1) is 10.4. The molecule has 5 heteroatoms. The molecule has 0 aromatic carbocycles. The summed E-state index contributed by atoms with van der Waals surface area (Å²) in [6.07, 6.45) is 7.06. The second-order valence-corrected chi connectivity index (χ2v) is 6.89. The molecule has 5 atom stereocenters. The minimum atomic E-state index is -1.19. The molecule has 3 aliphatic rings. The zero-order valence-corrected chi connectivity index (χ0v) is 13.2. The van der Waals surface area contributed by atoms with Crippen LogP contribution in [0.3, 0.4) is 0 Å². The molecule has 0 aliphatic carbocycles. The number of rotatable bonds is 5. The predicted octanol–water partition coefficient (Wildman–Crippen LogP) is 0.653. The van der Waals surface area contributed by atoms with E-state index in [0.717, 1.165) is 12.8 Å². The quantitative estimate of drug-likeness (QED) is 0.699. The molecule has 0 unspecified atom stereocenters. The van der Waals surface area contributed by atoms with Gasteiger partial charge in [-0.25, -0.2) is 0 Å². The average Bonchev–Trinajstić information content (AvgIpc) is 3.06. The third kappa shape index (κ3) is 2.19. The molecule has 1 amide bonds. The fourth-order valence-corrected chi connectivity index (χ4v) is 3.94. The van der Waals surface area contributed by atoms with Crippen LogP contribution >= 0.6 is 0 Å². The first kappa shape index (κ1) is 15.3. The van der Waals surface area contributed by atoms with E-state index < -0.39 is 29.5 Å². The van der Waals surface area contributed by atoms with Gasteiger partial charge in [0.05, 0.1) is 18.6 Å². The zero-order chi connectivity index (χ0) is 16.1. The number of amides is 1. The lowest BCUT2D eigenvalue weighted by molar-refractivity contribution is -0.313. The van der Waals surface area contributed by atoms with Crippen molar-refractivity contribution in [1.82, 2.24) is 4.90 Å². The third-order valence-electron chi connectivity index (χ3n) is 5.07. The Hall–Kier alpha value is -1.62. The second kappa shape index (κ2) is 5.23. The van der Waals surface area contributed by atoms with E-state index in [2.05, 4.69) is 19.9 Å². The van der Waals surface area contributed by atoms with Crippen molar-refractivity contribution in [2.45, 2.75) is 51.4 Å². The predicted molar refractivity (Wildman–Crippen MR) is 78.6 cm³/mol. The van der Waals surface area contributed by atoms with Gasteiger partial charge in [-0.3, -0.25) is 4.79 Å². The number of likely N-dealkylation sites (tertiary alicyclic amines) is 1. The van der Waals surface area contributed by atoms with E-state index in [1.807, 2.05) is 13.0 Å². The van der Waals surface area contributed by atoms with E-state index >= 15 is 0 Å². The van der Waals surface area contributed by atoms with Gasteiger partial charge in [0.2, 0.25) is 5.91 Å². The molecule has 2 bridgehead atoms. The SMILES string of the molecule is CC(C)=CCC[C@@H](C)N1C[C@]23C=C[C@@H](O2)[C@@H](C(=O)[O-])[C@@H]3C1=O. The molecular weight excluding hydrogens is 282 g/mol. The molecule has 1 spiro atoms. The number of hydrogen-bond acceptors (Lipinski definition) is 4. The number of carbonyl (C=O) groups excluding carboxylic acids is 2. The summed E-state index contributed by atoms with van der Waals surface area (Å²) in [5.74, 6) is -2.77. The fourth-order valence-electron chi connectivity index (χ4n) is 3.94. The summed E-state index contributed by atoms with van der Waals surface area (Å²) in [4.78, 5) is 25.9. The van der Waals surface area contributed by atoms with Gasteiger partial charge in [0, 0.05) is 17.9 Å². The van der Waals surface area contributed by atoms with E-state index in [4.69, 9.17) is 4.74 Å². The van der Waals surface area contributed by atoms with E-state index in [-0.39, 0.29) is 11.9 Å². The summed E-state index contributed by atoms with van der Waals surface area (Å²) in [6, 6.07) is 0.0709. The van der Waals surface area contributed by atoms with Gasteiger partial charge in [0.15, 0.2) is 0 Å². The maximum atomic E-state index is 12.7. The molecule has 22 heavy (non-hydrogen) atoms. The molecule has 3 rings (SSSR count). The lowest BCUT2D eigenvalue weighted by atomic mass is 9.77. The summed E-state index contributed by atoms with van der Waals surface area (Å²) in [5, 5.41) is 11.4. The lowest BCUT2D eigenvalue weighted by Crippen LogP contribution is -2.45. The third-order valence-corrected chi connectivity index (χ3v) is 5.07. The van der Waals surface area contributed by atoms with Gasteiger partial charge in [0.1, 0.15) is 5.60 Å². The molecule has 0 aromatic rings. The monoisotopic (exact) mass is 304 g/mol. The van der Waals surface area contributed by atoms with Crippen molar-refractivity contribution in [3.8, 4) is 0 Å². The van der Waals surface area contributed by atoms with Crippen LogP contribution in [0.1, 0.15) is 33.6 Å². The first-order valence-corrected chi connectivity index (χ1v) is 7.87. The minimum absolute atomic E-state index is 0.0709. The van der Waals surface area contributed by atoms with Crippen molar-refractivity contribution in [3.63, 3.8) is 0 Å². The van der Waals surface area contributed by atoms with Crippen LogP contribution < -0.4 is 5.11 Å². The molecule has 0 saturated carbocycles. The number of fused-ring (bicyclic) bond motifs is 1. The van der Waals surface area contributed by atoms with Crippen molar-refractivity contribution in [2.75, 3.05) is 6.54 Å². The Labute approximate surface area is 130 Å². The Morgan fingerprint density at radius 2 is 2.32 bits per heavy atom. The summed E-state index contributed by atoms with van der Waals surface area (Å²) in [5.41, 5.74) is 0.509. The topological polar surface area (TPSA) is 69.7 Å². The van der Waals surface area contributed by atoms with Crippen molar-refractivity contribution in [2.24, 2.45) is 11.8 Å². The molecular formula is C17H22NO4-. The average molecular weight is 304 g/mol. The van der Waals surface area contributed by atoms with E-state index in [9.17, 15) is 14.7 Å². The zero-order valence-electron chi connectivity index (χ0n) is 13.2. The lowest BCUT2D eigenvalue weighted by Gasteiger charge is -2.27. The van der Waals surface area contributed by atoms with Gasteiger partial charge >= 0.3 is 0 Å². The minimum Gasteiger partial charge on any atom is -0.550 e. The normalized spacial score (nSPS) is 36.6. The van der Waals surface area contributed by atoms with Crippen LogP contribution in [0.25, 0.3) is 0 Å². The van der Waals surface area contributed by atoms with Gasteiger partial charge in [-0.1, -0.05) is 23.8 Å². The molecule has 2 saturated heterocycles. The molecule has 3 heterocycles. The number of carbonyl (C=O) groups is 2. The number of nitrogens with zero attached hydrogens (tertiary/aromatic N) is 1. The van der Waals surface area contributed by atoms with Crippen molar-refractivity contribution >= 4 is 11.9 Å². The molecule has 120 valence electrons. The van der Waals surface area contributed by atoms with Crippen LogP contribution in [-0.2, 0) is 14.3 Å². The summed E-state index contributed by atoms with van der Waals surface area (Å²) < 4.78 is 5.84. The van der Waals surface area contributed by atoms with E-state index in [1.54, 1.807) is 11.0 Å². The molecule has 5 nitrogen and oxygen atoms in total. The van der Waals surface area contributed by atoms with Crippen LogP contribution in [0.15, 0.2) is 23.8 Å². The highest BCUT2D eigenvalue weighted by atomic mass is 16.5. The maximum Gasteiger partial charge on any atom is 0.230 e. The van der Waals surface area contributed by atoms with Crippen molar-refractivity contribution in [1.29, 1.82) is 0 Å². The Morgan fingerprint density at radius 1 is 1.59 bits per heavy atom. The molecule has 0 N–H and O–H groups in total. The van der Waals surface area contributed by atoms with Crippen LogP contribution in [0.4, 0.5) is 0 Å². The summed E-state index contributed by atoms with van der Waals surface area (Å²) >= 11 is 0. The largest absolute Gasteiger partial charge is 0.550 e. The first-order valence-electron chi connectivity index (χ1n) is 7.87. The molecule has 2 fully saturated rings. The molecule has 0 aromatic heterocycles. The van der Waals surface area contributed by atoms with Gasteiger partial charge in [-0.05, 0) is 33.6 Å². The van der Waals surface area contributed by atoms with E-state index in [0.29, 0.717) is 6.54 Å². The smallest absolute Gasteiger partial charge is 0.230 e. The van der Waals surface area contributed by atoms with Gasteiger partial charge < -0.3 is 19.5 Å². The number of ether oxygens (including phenoxy) is 1. The van der Waals surface area contributed by atoms with Crippen LogP contribution in [0.2, 0.25) is 0 Å². The standard InChI is InChI=1S/C17H23NO4/c1-10(2)5-4-6-11(3)18-9-17-8-7-12(22-17)13(16(20)21)14(17)15(18)19/h5,7-8,11-14H,4,6,9H2,1-3H3,(H,20,21)/p-1/t11-,12-,13-,14-,17+/m1/s1. The number of carboxylic acid groups (broad SMARTS) is 1. The molecule has 0 radical (unpaired) electrons. The summed E-state index contributed by atoms with van der Waals surface area (Å²) in [6.45, 7) is 6.56. The van der Waals surface area contributed by atoms with E-state index in [1.165, 1.54) is 5.57 Å². The van der Waals surface area contributed by atoms with Gasteiger partial charge in [-0.2, -0.15) is 0 Å².